The molecule has 1 aliphatic heterocycles. The fourth-order valence-electron chi connectivity index (χ4n) is 2.49. The minimum Gasteiger partial charge on any atom is -0.399 e. The summed E-state index contributed by atoms with van der Waals surface area (Å²) in [5, 5.41) is 0. The fourth-order valence-corrected chi connectivity index (χ4v) is 3.89. The molecule has 0 spiro atoms. The lowest BCUT2D eigenvalue weighted by Crippen LogP contribution is -2.29. The molecule has 2 aromatic rings. The quantitative estimate of drug-likeness (QED) is 0.870. The number of benzene rings is 1. The summed E-state index contributed by atoms with van der Waals surface area (Å²) in [6, 6.07) is 11.1. The number of pyridine rings is 1. The van der Waals surface area contributed by atoms with Gasteiger partial charge >= 0.3 is 0 Å². The topological polar surface area (TPSA) is 76.3 Å². The van der Waals surface area contributed by atoms with Crippen molar-refractivity contribution >= 4 is 15.7 Å². The molecule has 2 N–H and O–H groups in total. The van der Waals surface area contributed by atoms with Crippen LogP contribution in [0.5, 0.6) is 0 Å². The fraction of sp³-hybridized carbons (Fsp3) is 0.267. The molecule has 2 heterocycles. The molecule has 0 aliphatic carbocycles. The number of aryl methyl sites for hydroxylation is 1. The Labute approximate surface area is 124 Å². The predicted octanol–water partition coefficient (Wildman–Crippen LogP) is 1.55. The van der Waals surface area contributed by atoms with Crippen molar-refractivity contribution in [3.63, 3.8) is 0 Å². The molecule has 0 amide bonds. The Morgan fingerprint density at radius 1 is 1.14 bits per heavy atom. The number of fused-ring (bicyclic) bond motifs is 1. The lowest BCUT2D eigenvalue weighted by Gasteiger charge is -2.15. The summed E-state index contributed by atoms with van der Waals surface area (Å²) < 4.78 is 26.4. The maximum atomic E-state index is 12.4. The molecule has 3 rings (SSSR count). The van der Waals surface area contributed by atoms with Gasteiger partial charge in [-0.05, 0) is 35.4 Å². The highest BCUT2D eigenvalue weighted by Crippen LogP contribution is 2.27. The molecule has 0 saturated heterocycles. The maximum absolute atomic E-state index is 12.4. The number of nitrogens with zero attached hydrogens (tertiary/aromatic N) is 2. The van der Waals surface area contributed by atoms with Crippen molar-refractivity contribution in [1.29, 1.82) is 0 Å². The third kappa shape index (κ3) is 3.06. The van der Waals surface area contributed by atoms with Gasteiger partial charge in [0.25, 0.3) is 0 Å². The first kappa shape index (κ1) is 14.0. The lowest BCUT2D eigenvalue weighted by atomic mass is 10.1. The molecule has 1 aliphatic rings. The zero-order valence-electron chi connectivity index (χ0n) is 11.6. The van der Waals surface area contributed by atoms with E-state index in [1.54, 1.807) is 6.20 Å². The van der Waals surface area contributed by atoms with Crippen LogP contribution in [0.2, 0.25) is 0 Å². The highest BCUT2D eigenvalue weighted by Gasteiger charge is 2.28. The molecular weight excluding hydrogens is 286 g/mol. The molecule has 0 fully saturated rings. The van der Waals surface area contributed by atoms with E-state index in [9.17, 15) is 8.42 Å². The van der Waals surface area contributed by atoms with Crippen LogP contribution in [-0.2, 0) is 29.5 Å². The van der Waals surface area contributed by atoms with Gasteiger partial charge < -0.3 is 5.73 Å². The number of nitrogen functional groups attached to an aromatic ring is 1. The standard InChI is InChI=1S/C15H17N3O2S/c16-14-5-4-12-10-18(11-13(12)9-14)21(19,20)8-6-15-3-1-2-7-17-15/h1-5,7,9H,6,8,10-11,16H2. The van der Waals surface area contributed by atoms with E-state index in [0.717, 1.165) is 16.8 Å². The van der Waals surface area contributed by atoms with E-state index in [2.05, 4.69) is 4.98 Å². The Morgan fingerprint density at radius 3 is 2.71 bits per heavy atom. The zero-order chi connectivity index (χ0) is 14.9. The van der Waals surface area contributed by atoms with Crippen LogP contribution in [0.15, 0.2) is 42.6 Å². The van der Waals surface area contributed by atoms with Crippen LogP contribution in [0.3, 0.4) is 0 Å². The van der Waals surface area contributed by atoms with Crippen molar-refractivity contribution in [2.45, 2.75) is 19.5 Å². The largest absolute Gasteiger partial charge is 0.399 e. The van der Waals surface area contributed by atoms with Gasteiger partial charge in [-0.25, -0.2) is 8.42 Å². The Morgan fingerprint density at radius 2 is 1.95 bits per heavy atom. The van der Waals surface area contributed by atoms with Gasteiger partial charge in [-0.2, -0.15) is 4.31 Å². The van der Waals surface area contributed by atoms with Crippen molar-refractivity contribution < 1.29 is 8.42 Å². The summed E-state index contributed by atoms with van der Waals surface area (Å²) in [4.78, 5) is 4.16. The van der Waals surface area contributed by atoms with E-state index in [4.69, 9.17) is 5.73 Å². The first-order valence-corrected chi connectivity index (χ1v) is 8.40. The van der Waals surface area contributed by atoms with Crippen LogP contribution in [0.4, 0.5) is 5.69 Å². The van der Waals surface area contributed by atoms with Crippen LogP contribution in [0.25, 0.3) is 0 Å². The molecular formula is C15H17N3O2S. The van der Waals surface area contributed by atoms with Crippen molar-refractivity contribution in [2.24, 2.45) is 0 Å². The third-order valence-electron chi connectivity index (χ3n) is 3.66. The van der Waals surface area contributed by atoms with Gasteiger partial charge in [0.1, 0.15) is 0 Å². The van der Waals surface area contributed by atoms with E-state index < -0.39 is 10.0 Å². The van der Waals surface area contributed by atoms with Crippen LogP contribution in [-0.4, -0.2) is 23.5 Å². The Balaban J connectivity index is 1.70. The molecule has 21 heavy (non-hydrogen) atoms. The highest BCUT2D eigenvalue weighted by atomic mass is 32.2. The van der Waals surface area contributed by atoms with E-state index in [1.165, 1.54) is 4.31 Å². The van der Waals surface area contributed by atoms with E-state index in [0.29, 0.717) is 25.2 Å². The van der Waals surface area contributed by atoms with Crippen LogP contribution < -0.4 is 5.73 Å². The summed E-state index contributed by atoms with van der Waals surface area (Å²) in [5.41, 5.74) is 9.24. The molecule has 0 unspecified atom stereocenters. The van der Waals surface area contributed by atoms with Crippen LogP contribution in [0.1, 0.15) is 16.8 Å². The average molecular weight is 303 g/mol. The minimum atomic E-state index is -3.29. The van der Waals surface area contributed by atoms with Crippen molar-refractivity contribution in [1.82, 2.24) is 9.29 Å². The number of anilines is 1. The number of hydrogen-bond acceptors (Lipinski definition) is 4. The second-order valence-electron chi connectivity index (χ2n) is 5.18. The van der Waals surface area contributed by atoms with Crippen molar-refractivity contribution in [3.05, 3.63) is 59.4 Å². The molecule has 110 valence electrons. The highest BCUT2D eigenvalue weighted by molar-refractivity contribution is 7.89. The normalized spacial score (nSPS) is 15.0. The molecule has 1 aromatic heterocycles. The lowest BCUT2D eigenvalue weighted by molar-refractivity contribution is 0.431. The average Bonchev–Trinajstić information content (AvgIpc) is 2.90. The maximum Gasteiger partial charge on any atom is 0.215 e. The van der Waals surface area contributed by atoms with Gasteiger partial charge in [0, 0.05) is 37.1 Å². The number of aromatic nitrogens is 1. The summed E-state index contributed by atoms with van der Waals surface area (Å²) in [6.07, 6.45) is 2.11. The molecule has 0 bridgehead atoms. The third-order valence-corrected chi connectivity index (χ3v) is 5.42. The molecule has 0 atom stereocenters. The number of nitrogens with two attached hydrogens (primary N) is 1. The first-order chi connectivity index (χ1) is 10.0. The Hall–Kier alpha value is -1.92. The monoisotopic (exact) mass is 303 g/mol. The second kappa shape index (κ2) is 5.46. The number of hydrogen-bond donors (Lipinski definition) is 1. The van der Waals surface area contributed by atoms with E-state index >= 15 is 0 Å². The smallest absolute Gasteiger partial charge is 0.215 e. The first-order valence-electron chi connectivity index (χ1n) is 6.79. The zero-order valence-corrected chi connectivity index (χ0v) is 12.4. The predicted molar refractivity (Wildman–Crippen MR) is 81.8 cm³/mol. The minimum absolute atomic E-state index is 0.0769. The summed E-state index contributed by atoms with van der Waals surface area (Å²) in [7, 11) is -3.29. The SMILES string of the molecule is Nc1ccc2c(c1)CN(S(=O)(=O)CCc1ccccn1)C2. The Bertz CT molecular complexity index is 745. The summed E-state index contributed by atoms with van der Waals surface area (Å²) in [5.74, 6) is 0.0769. The summed E-state index contributed by atoms with van der Waals surface area (Å²) in [6.45, 7) is 0.838. The number of sulfonamides is 1. The van der Waals surface area contributed by atoms with Gasteiger partial charge in [0.15, 0.2) is 0 Å². The molecule has 0 radical (unpaired) electrons. The van der Waals surface area contributed by atoms with Crippen molar-refractivity contribution in [3.8, 4) is 0 Å². The van der Waals surface area contributed by atoms with Crippen molar-refractivity contribution in [2.75, 3.05) is 11.5 Å². The molecule has 1 aromatic carbocycles. The molecule has 5 nitrogen and oxygen atoms in total. The second-order valence-corrected chi connectivity index (χ2v) is 7.27. The Kier molecular flexibility index (Phi) is 3.65. The van der Waals surface area contributed by atoms with Gasteiger partial charge in [0.2, 0.25) is 10.0 Å². The molecule has 6 heteroatoms. The van der Waals surface area contributed by atoms with Gasteiger partial charge in [-0.3, -0.25) is 4.98 Å². The summed E-state index contributed by atoms with van der Waals surface area (Å²) >= 11 is 0. The van der Waals surface area contributed by atoms with E-state index in [-0.39, 0.29) is 5.75 Å². The van der Waals surface area contributed by atoms with Gasteiger partial charge in [0.05, 0.1) is 5.75 Å². The van der Waals surface area contributed by atoms with E-state index in [1.807, 2.05) is 36.4 Å². The van der Waals surface area contributed by atoms with Crippen LogP contribution in [0, 0.1) is 0 Å². The number of rotatable bonds is 4. The van der Waals surface area contributed by atoms with Crippen LogP contribution >= 0.6 is 0 Å². The molecule has 0 saturated carbocycles. The van der Waals surface area contributed by atoms with Gasteiger partial charge in [-0.1, -0.05) is 12.1 Å². The van der Waals surface area contributed by atoms with Gasteiger partial charge in [-0.15, -0.1) is 0 Å².